The normalized spacial score (nSPS) is 24.8. The van der Waals surface area contributed by atoms with E-state index in [0.717, 1.165) is 0 Å². The lowest BCUT2D eigenvalue weighted by molar-refractivity contribution is 0.599. The maximum absolute atomic E-state index is 11.2. The van der Waals surface area contributed by atoms with Crippen molar-refractivity contribution in [3.05, 3.63) is 0 Å². The summed E-state index contributed by atoms with van der Waals surface area (Å²) in [5, 5.41) is 3.01. The van der Waals surface area contributed by atoms with E-state index in [9.17, 15) is 8.42 Å². The highest BCUT2D eigenvalue weighted by Gasteiger charge is 2.28. The van der Waals surface area contributed by atoms with Crippen LogP contribution in [0, 0.1) is 5.92 Å². The minimum atomic E-state index is -2.87. The molecular weight excluding hydrogens is 228 g/mol. The van der Waals surface area contributed by atoms with Crippen LogP contribution in [0.25, 0.3) is 0 Å². The van der Waals surface area contributed by atoms with Gasteiger partial charge >= 0.3 is 0 Å². The molecule has 16 heavy (non-hydrogen) atoms. The van der Waals surface area contributed by atoms with Crippen LogP contribution in [0.3, 0.4) is 0 Å². The van der Waals surface area contributed by atoms with Crippen molar-refractivity contribution in [1.82, 2.24) is 10.7 Å². The fraction of sp³-hybridized carbons (Fsp3) is 0.889. The molecule has 4 N–H and O–H groups in total. The van der Waals surface area contributed by atoms with E-state index in [-0.39, 0.29) is 17.5 Å². The Kier molecular flexibility index (Phi) is 4.55. The summed E-state index contributed by atoms with van der Waals surface area (Å²) in [6.45, 7) is 4.77. The van der Waals surface area contributed by atoms with Gasteiger partial charge in [0, 0.05) is 12.6 Å². The van der Waals surface area contributed by atoms with E-state index in [1.807, 2.05) is 0 Å². The molecule has 1 aliphatic rings. The van der Waals surface area contributed by atoms with Crippen molar-refractivity contribution >= 4 is 15.8 Å². The van der Waals surface area contributed by atoms with Crippen molar-refractivity contribution in [3.63, 3.8) is 0 Å². The van der Waals surface area contributed by atoms with Crippen molar-refractivity contribution in [2.45, 2.75) is 26.3 Å². The Morgan fingerprint density at radius 2 is 2.25 bits per heavy atom. The lowest BCUT2D eigenvalue weighted by Crippen LogP contribution is -2.47. The van der Waals surface area contributed by atoms with Crippen molar-refractivity contribution in [2.24, 2.45) is 16.8 Å². The van der Waals surface area contributed by atoms with Crippen LogP contribution in [0.4, 0.5) is 0 Å². The van der Waals surface area contributed by atoms with Gasteiger partial charge in [0.25, 0.3) is 0 Å². The van der Waals surface area contributed by atoms with Crippen molar-refractivity contribution < 1.29 is 8.42 Å². The quantitative estimate of drug-likeness (QED) is 0.264. The zero-order chi connectivity index (χ0) is 12.2. The number of hydrogen-bond acceptors (Lipinski definition) is 4. The monoisotopic (exact) mass is 248 g/mol. The fourth-order valence-corrected chi connectivity index (χ4v) is 3.18. The number of sulfone groups is 1. The molecule has 0 bridgehead atoms. The molecule has 94 valence electrons. The van der Waals surface area contributed by atoms with Gasteiger partial charge in [0.05, 0.1) is 11.5 Å². The van der Waals surface area contributed by atoms with E-state index in [2.05, 4.69) is 29.6 Å². The van der Waals surface area contributed by atoms with E-state index < -0.39 is 9.84 Å². The van der Waals surface area contributed by atoms with Crippen LogP contribution < -0.4 is 16.6 Å². The molecule has 0 aromatic rings. The minimum Gasteiger partial charge on any atom is -0.352 e. The average Bonchev–Trinajstić information content (AvgIpc) is 2.52. The standard InChI is InChI=1S/C9H20N4O2S/c1-7(2)5-11-9(13-10)12-8-3-4-16(14,15)6-8/h7-8H,3-6,10H2,1-2H3,(H2,11,12,13). The molecule has 7 heteroatoms. The Bertz CT molecular complexity index is 351. The van der Waals surface area contributed by atoms with Gasteiger partial charge in [0.2, 0.25) is 5.96 Å². The highest BCUT2D eigenvalue weighted by Crippen LogP contribution is 2.10. The van der Waals surface area contributed by atoms with Gasteiger partial charge < -0.3 is 5.32 Å². The van der Waals surface area contributed by atoms with E-state index in [4.69, 9.17) is 5.84 Å². The van der Waals surface area contributed by atoms with Crippen LogP contribution in [0.15, 0.2) is 4.99 Å². The molecule has 0 spiro atoms. The molecule has 0 aromatic carbocycles. The summed E-state index contributed by atoms with van der Waals surface area (Å²) < 4.78 is 22.5. The van der Waals surface area contributed by atoms with Gasteiger partial charge in [-0.3, -0.25) is 10.4 Å². The third-order valence-corrected chi connectivity index (χ3v) is 4.09. The van der Waals surface area contributed by atoms with Crippen LogP contribution in [0.1, 0.15) is 20.3 Å². The van der Waals surface area contributed by atoms with Gasteiger partial charge in [-0.25, -0.2) is 14.3 Å². The number of nitrogens with two attached hydrogens (primary N) is 1. The number of hydrogen-bond donors (Lipinski definition) is 3. The van der Waals surface area contributed by atoms with Gasteiger partial charge in [-0.05, 0) is 12.3 Å². The first-order valence-corrected chi connectivity index (χ1v) is 7.23. The largest absolute Gasteiger partial charge is 0.352 e. The predicted molar refractivity (Wildman–Crippen MR) is 64.7 cm³/mol. The van der Waals surface area contributed by atoms with Crippen LogP contribution in [-0.2, 0) is 9.84 Å². The van der Waals surface area contributed by atoms with Crippen LogP contribution in [0.5, 0.6) is 0 Å². The third kappa shape index (κ3) is 4.36. The van der Waals surface area contributed by atoms with E-state index in [0.29, 0.717) is 24.8 Å². The summed E-state index contributed by atoms with van der Waals surface area (Å²) in [6.07, 6.45) is 0.616. The Labute approximate surface area is 96.6 Å². The zero-order valence-electron chi connectivity index (χ0n) is 9.73. The Morgan fingerprint density at radius 3 is 2.69 bits per heavy atom. The summed E-state index contributed by atoms with van der Waals surface area (Å²) in [5.74, 6) is 6.63. The first-order valence-electron chi connectivity index (χ1n) is 5.41. The van der Waals surface area contributed by atoms with Gasteiger partial charge in [0.1, 0.15) is 0 Å². The lowest BCUT2D eigenvalue weighted by Gasteiger charge is -2.14. The maximum atomic E-state index is 11.2. The Hall–Kier alpha value is -0.820. The second-order valence-corrected chi connectivity index (χ2v) is 6.70. The fourth-order valence-electron chi connectivity index (χ4n) is 1.51. The summed E-state index contributed by atoms with van der Waals surface area (Å²) in [7, 11) is -2.87. The van der Waals surface area contributed by atoms with Gasteiger partial charge in [-0.2, -0.15) is 0 Å². The molecule has 6 nitrogen and oxygen atoms in total. The van der Waals surface area contributed by atoms with E-state index in [1.165, 1.54) is 0 Å². The maximum Gasteiger partial charge on any atom is 0.205 e. The van der Waals surface area contributed by atoms with Crippen molar-refractivity contribution in [1.29, 1.82) is 0 Å². The number of nitrogens with one attached hydrogen (secondary N) is 2. The molecule has 1 rings (SSSR count). The van der Waals surface area contributed by atoms with E-state index >= 15 is 0 Å². The second-order valence-electron chi connectivity index (χ2n) is 4.47. The molecule has 1 aliphatic heterocycles. The molecule has 0 aromatic heterocycles. The first kappa shape index (κ1) is 13.2. The highest BCUT2D eigenvalue weighted by molar-refractivity contribution is 7.91. The molecule has 1 saturated heterocycles. The van der Waals surface area contributed by atoms with Crippen molar-refractivity contribution in [3.8, 4) is 0 Å². The smallest absolute Gasteiger partial charge is 0.205 e. The topological polar surface area (TPSA) is 96.6 Å². The summed E-state index contributed by atoms with van der Waals surface area (Å²) in [4.78, 5) is 4.23. The minimum absolute atomic E-state index is 0.0769. The predicted octanol–water partition coefficient (Wildman–Crippen LogP) is -0.762. The second kappa shape index (κ2) is 5.49. The molecule has 0 amide bonds. The van der Waals surface area contributed by atoms with E-state index in [1.54, 1.807) is 0 Å². The highest BCUT2D eigenvalue weighted by atomic mass is 32.2. The lowest BCUT2D eigenvalue weighted by atomic mass is 10.2. The molecule has 1 fully saturated rings. The SMILES string of the molecule is CC(C)CN=C(NN)NC1CCS(=O)(=O)C1. The number of guanidine groups is 1. The van der Waals surface area contributed by atoms with Gasteiger partial charge in [-0.1, -0.05) is 13.8 Å². The summed E-state index contributed by atoms with van der Waals surface area (Å²) in [6, 6.07) is -0.0769. The molecule has 0 radical (unpaired) electrons. The van der Waals surface area contributed by atoms with Crippen LogP contribution >= 0.6 is 0 Å². The number of hydrazine groups is 1. The van der Waals surface area contributed by atoms with Crippen LogP contribution in [-0.4, -0.2) is 38.5 Å². The Morgan fingerprint density at radius 1 is 1.56 bits per heavy atom. The van der Waals surface area contributed by atoms with Gasteiger partial charge in [-0.15, -0.1) is 0 Å². The first-order chi connectivity index (χ1) is 7.43. The molecule has 0 saturated carbocycles. The third-order valence-electron chi connectivity index (χ3n) is 2.32. The summed E-state index contributed by atoms with van der Waals surface area (Å²) in [5.41, 5.74) is 2.46. The average molecular weight is 248 g/mol. The molecule has 1 atom stereocenters. The number of nitrogens with zero attached hydrogens (tertiary/aromatic N) is 1. The zero-order valence-corrected chi connectivity index (χ0v) is 10.5. The molecular formula is C9H20N4O2S. The number of rotatable bonds is 3. The van der Waals surface area contributed by atoms with Crippen LogP contribution in [0.2, 0.25) is 0 Å². The van der Waals surface area contributed by atoms with Gasteiger partial charge in [0.15, 0.2) is 9.84 Å². The Balaban J connectivity index is 2.48. The van der Waals surface area contributed by atoms with Crippen molar-refractivity contribution in [2.75, 3.05) is 18.1 Å². The molecule has 1 unspecified atom stereocenters. The summed E-state index contributed by atoms with van der Waals surface area (Å²) >= 11 is 0. The number of aliphatic imine (C=N–C) groups is 1. The molecule has 1 heterocycles. The molecule has 0 aliphatic carbocycles.